The molecule has 1 saturated carbocycles. The summed E-state index contributed by atoms with van der Waals surface area (Å²) in [5.74, 6) is 2.34. The van der Waals surface area contributed by atoms with Crippen LogP contribution in [0.15, 0.2) is 9.41 Å². The first kappa shape index (κ1) is 23.2. The van der Waals surface area contributed by atoms with Gasteiger partial charge in [-0.25, -0.2) is 9.98 Å². The van der Waals surface area contributed by atoms with Gasteiger partial charge in [0.05, 0.1) is 11.8 Å². The summed E-state index contributed by atoms with van der Waals surface area (Å²) < 4.78 is 11.6. The molecule has 0 spiro atoms. The largest absolute Gasteiger partial charge is 0.444 e. The fourth-order valence-corrected chi connectivity index (χ4v) is 3.82. The fourth-order valence-electron chi connectivity index (χ4n) is 3.82. The molecule has 7 heteroatoms. The number of guanidine groups is 1. The van der Waals surface area contributed by atoms with Crippen molar-refractivity contribution in [3.05, 3.63) is 17.3 Å². The van der Waals surface area contributed by atoms with Crippen molar-refractivity contribution < 1.29 is 9.15 Å². The first-order valence-corrected chi connectivity index (χ1v) is 9.59. The second-order valence-corrected chi connectivity index (χ2v) is 6.76. The number of aliphatic imine (C=N–C) groups is 1. The van der Waals surface area contributed by atoms with Crippen LogP contribution in [0.2, 0.25) is 0 Å². The number of hydrogen-bond donors (Lipinski definition) is 2. The van der Waals surface area contributed by atoms with Gasteiger partial charge in [0.2, 0.25) is 5.89 Å². The summed E-state index contributed by atoms with van der Waals surface area (Å²) in [6, 6.07) is 0.380. The molecule has 1 fully saturated rings. The van der Waals surface area contributed by atoms with Gasteiger partial charge in [-0.05, 0) is 47.0 Å². The maximum absolute atomic E-state index is 5.97. The van der Waals surface area contributed by atoms with Gasteiger partial charge < -0.3 is 19.8 Å². The summed E-state index contributed by atoms with van der Waals surface area (Å²) in [6.45, 7) is 14.6. The van der Waals surface area contributed by atoms with Crippen molar-refractivity contribution >= 4 is 29.9 Å². The minimum absolute atomic E-state index is 0. The van der Waals surface area contributed by atoms with Crippen molar-refractivity contribution in [1.29, 1.82) is 0 Å². The Labute approximate surface area is 175 Å². The zero-order chi connectivity index (χ0) is 18.4. The first-order valence-electron chi connectivity index (χ1n) is 9.59. The van der Waals surface area contributed by atoms with Gasteiger partial charge in [-0.2, -0.15) is 0 Å². The Hall–Kier alpha value is -0.830. The number of rotatable bonds is 8. The van der Waals surface area contributed by atoms with Crippen LogP contribution in [0.1, 0.15) is 64.3 Å². The molecule has 0 amide bonds. The lowest BCUT2D eigenvalue weighted by Gasteiger charge is -2.55. The number of hydrogen-bond acceptors (Lipinski definition) is 4. The predicted molar refractivity (Wildman–Crippen MR) is 116 cm³/mol. The number of ether oxygens (including phenoxy) is 1. The Morgan fingerprint density at radius 2 is 1.96 bits per heavy atom. The standard InChI is InChI=1S/C19H34N4O2.HI/c1-7-19(8-2)15(11-16(19)24-10-4)23-18(20-9-3)21-12-17-22-13(5)14(6)25-17;/h15-16H,7-12H2,1-6H3,(H2,20,21,23);1H. The minimum atomic E-state index is 0. The molecule has 0 aliphatic heterocycles. The van der Waals surface area contributed by atoms with E-state index in [1.165, 1.54) is 0 Å². The molecule has 1 aliphatic carbocycles. The van der Waals surface area contributed by atoms with Crippen molar-refractivity contribution in [3.63, 3.8) is 0 Å². The molecule has 150 valence electrons. The smallest absolute Gasteiger partial charge is 0.216 e. The molecule has 0 saturated heterocycles. The summed E-state index contributed by atoms with van der Waals surface area (Å²) in [6.07, 6.45) is 3.56. The minimum Gasteiger partial charge on any atom is -0.444 e. The third kappa shape index (κ3) is 4.91. The van der Waals surface area contributed by atoms with Gasteiger partial charge in [-0.1, -0.05) is 13.8 Å². The second kappa shape index (κ2) is 10.5. The number of aromatic nitrogens is 1. The normalized spacial score (nSPS) is 21.7. The number of aryl methyl sites for hydroxylation is 2. The molecule has 26 heavy (non-hydrogen) atoms. The van der Waals surface area contributed by atoms with Crippen LogP contribution in [-0.2, 0) is 11.3 Å². The Kier molecular flexibility index (Phi) is 9.36. The maximum atomic E-state index is 5.97. The monoisotopic (exact) mass is 478 g/mol. The van der Waals surface area contributed by atoms with E-state index >= 15 is 0 Å². The van der Waals surface area contributed by atoms with Crippen molar-refractivity contribution in [2.75, 3.05) is 13.2 Å². The number of halogens is 1. The SMILES string of the molecule is CCNC(=NCc1nc(C)c(C)o1)NC1CC(OCC)C1(CC)CC.I. The second-order valence-electron chi connectivity index (χ2n) is 6.76. The molecule has 1 aliphatic rings. The van der Waals surface area contributed by atoms with Crippen molar-refractivity contribution in [2.24, 2.45) is 10.4 Å². The van der Waals surface area contributed by atoms with E-state index < -0.39 is 0 Å². The molecule has 2 unspecified atom stereocenters. The van der Waals surface area contributed by atoms with E-state index in [4.69, 9.17) is 9.15 Å². The van der Waals surface area contributed by atoms with Crippen LogP contribution in [0.25, 0.3) is 0 Å². The van der Waals surface area contributed by atoms with Gasteiger partial charge in [-0.15, -0.1) is 24.0 Å². The van der Waals surface area contributed by atoms with Crippen LogP contribution in [0.5, 0.6) is 0 Å². The average Bonchev–Trinajstić information content (AvgIpc) is 2.91. The summed E-state index contributed by atoms with van der Waals surface area (Å²) in [7, 11) is 0. The van der Waals surface area contributed by atoms with E-state index in [1.54, 1.807) is 0 Å². The molecule has 0 radical (unpaired) electrons. The van der Waals surface area contributed by atoms with Gasteiger partial charge in [-0.3, -0.25) is 0 Å². The number of oxazole rings is 1. The van der Waals surface area contributed by atoms with Crippen LogP contribution >= 0.6 is 24.0 Å². The molecular formula is C19H35IN4O2. The van der Waals surface area contributed by atoms with Crippen LogP contribution in [0.3, 0.4) is 0 Å². The summed E-state index contributed by atoms with van der Waals surface area (Å²) in [4.78, 5) is 9.07. The number of nitrogens with zero attached hydrogens (tertiary/aromatic N) is 2. The Balaban J connectivity index is 0.00000338. The molecule has 6 nitrogen and oxygen atoms in total. The average molecular weight is 478 g/mol. The highest BCUT2D eigenvalue weighted by atomic mass is 127. The highest BCUT2D eigenvalue weighted by molar-refractivity contribution is 14.0. The summed E-state index contributed by atoms with van der Waals surface area (Å²) >= 11 is 0. The summed E-state index contributed by atoms with van der Waals surface area (Å²) in [5, 5.41) is 6.95. The first-order chi connectivity index (χ1) is 12.0. The van der Waals surface area contributed by atoms with E-state index in [2.05, 4.69) is 48.3 Å². The Morgan fingerprint density at radius 3 is 2.46 bits per heavy atom. The lowest BCUT2D eigenvalue weighted by molar-refractivity contribution is -0.133. The van der Waals surface area contributed by atoms with Gasteiger partial charge in [0.15, 0.2) is 5.96 Å². The Morgan fingerprint density at radius 1 is 1.27 bits per heavy atom. The van der Waals surface area contributed by atoms with Crippen molar-refractivity contribution in [1.82, 2.24) is 15.6 Å². The quantitative estimate of drug-likeness (QED) is 0.337. The topological polar surface area (TPSA) is 71.7 Å². The van der Waals surface area contributed by atoms with Gasteiger partial charge >= 0.3 is 0 Å². The van der Waals surface area contributed by atoms with Crippen LogP contribution in [-0.4, -0.2) is 36.2 Å². The molecule has 2 N–H and O–H groups in total. The van der Waals surface area contributed by atoms with Crippen LogP contribution in [0, 0.1) is 19.3 Å². The fraction of sp³-hybridized carbons (Fsp3) is 0.789. The van der Waals surface area contributed by atoms with Gasteiger partial charge in [0.25, 0.3) is 0 Å². The lowest BCUT2D eigenvalue weighted by Crippen LogP contribution is -2.65. The van der Waals surface area contributed by atoms with E-state index in [-0.39, 0.29) is 29.4 Å². The molecule has 0 aromatic carbocycles. The van der Waals surface area contributed by atoms with E-state index in [1.807, 2.05) is 13.8 Å². The van der Waals surface area contributed by atoms with Crippen LogP contribution < -0.4 is 10.6 Å². The predicted octanol–water partition coefficient (Wildman–Crippen LogP) is 3.95. The van der Waals surface area contributed by atoms with Crippen LogP contribution in [0.4, 0.5) is 0 Å². The maximum Gasteiger partial charge on any atom is 0.216 e. The molecule has 2 rings (SSSR count). The molecule has 1 aromatic rings. The zero-order valence-electron chi connectivity index (χ0n) is 17.0. The van der Waals surface area contributed by atoms with E-state index in [0.29, 0.717) is 24.6 Å². The molecule has 0 bridgehead atoms. The number of nitrogens with one attached hydrogen (secondary N) is 2. The van der Waals surface area contributed by atoms with Crippen molar-refractivity contribution in [2.45, 2.75) is 79.5 Å². The lowest BCUT2D eigenvalue weighted by atomic mass is 9.58. The Bertz CT molecular complexity index is 565. The van der Waals surface area contributed by atoms with Gasteiger partial charge in [0.1, 0.15) is 12.3 Å². The van der Waals surface area contributed by atoms with E-state index in [0.717, 1.165) is 49.8 Å². The zero-order valence-corrected chi connectivity index (χ0v) is 19.3. The highest BCUT2D eigenvalue weighted by Crippen LogP contribution is 2.48. The molecule has 1 aromatic heterocycles. The van der Waals surface area contributed by atoms with Gasteiger partial charge in [0, 0.05) is 24.6 Å². The third-order valence-corrected chi connectivity index (χ3v) is 5.57. The molecule has 1 heterocycles. The summed E-state index contributed by atoms with van der Waals surface area (Å²) in [5.41, 5.74) is 1.11. The van der Waals surface area contributed by atoms with Crippen molar-refractivity contribution in [3.8, 4) is 0 Å². The molecule has 2 atom stereocenters. The van der Waals surface area contributed by atoms with E-state index in [9.17, 15) is 0 Å². The molecular weight excluding hydrogens is 443 g/mol. The highest BCUT2D eigenvalue weighted by Gasteiger charge is 2.53. The third-order valence-electron chi connectivity index (χ3n) is 5.57.